The lowest BCUT2D eigenvalue weighted by Gasteiger charge is -2.31. The van der Waals surface area contributed by atoms with E-state index in [0.29, 0.717) is 18.4 Å². The first-order valence-electron chi connectivity index (χ1n) is 5.81. The van der Waals surface area contributed by atoms with Crippen LogP contribution in [0, 0.1) is 16.0 Å². The van der Waals surface area contributed by atoms with Crippen LogP contribution < -0.4 is 11.1 Å². The van der Waals surface area contributed by atoms with Crippen LogP contribution in [0.4, 0.5) is 11.6 Å². The molecule has 1 unspecified atom stereocenters. The Labute approximate surface area is 106 Å². The van der Waals surface area contributed by atoms with E-state index in [-0.39, 0.29) is 11.2 Å². The van der Waals surface area contributed by atoms with Gasteiger partial charge in [0.05, 0.1) is 4.92 Å². The Hall–Kier alpha value is -1.76. The normalized spacial score (nSPS) is 14.3. The van der Waals surface area contributed by atoms with Crippen molar-refractivity contribution in [2.24, 2.45) is 11.7 Å². The molecule has 0 bridgehead atoms. The molecule has 0 aromatic carbocycles. The Balaban J connectivity index is 2.79. The first-order valence-corrected chi connectivity index (χ1v) is 5.81. The highest BCUT2D eigenvalue weighted by molar-refractivity contribution is 5.33. The third kappa shape index (κ3) is 3.92. The van der Waals surface area contributed by atoms with Gasteiger partial charge in [-0.05, 0) is 19.3 Å². The molecule has 1 rings (SSSR count). The van der Waals surface area contributed by atoms with Crippen LogP contribution >= 0.6 is 0 Å². The Bertz CT molecular complexity index is 406. The van der Waals surface area contributed by atoms with Crippen molar-refractivity contribution in [3.63, 3.8) is 0 Å². The van der Waals surface area contributed by atoms with E-state index in [4.69, 9.17) is 5.73 Å². The van der Waals surface area contributed by atoms with Crippen LogP contribution in [0.2, 0.25) is 0 Å². The van der Waals surface area contributed by atoms with Gasteiger partial charge in [-0.3, -0.25) is 10.1 Å². The molecule has 1 heterocycles. The summed E-state index contributed by atoms with van der Waals surface area (Å²) in [6.45, 7) is 6.63. The molecule has 0 amide bonds. The monoisotopic (exact) mass is 253 g/mol. The van der Waals surface area contributed by atoms with Gasteiger partial charge in [-0.25, -0.2) is 9.97 Å². The van der Waals surface area contributed by atoms with E-state index < -0.39 is 4.92 Å². The Morgan fingerprint density at radius 3 is 2.44 bits per heavy atom. The summed E-state index contributed by atoms with van der Waals surface area (Å²) in [7, 11) is 0. The quantitative estimate of drug-likeness (QED) is 0.588. The molecule has 3 N–H and O–H groups in total. The zero-order valence-corrected chi connectivity index (χ0v) is 10.9. The van der Waals surface area contributed by atoms with Gasteiger partial charge in [0, 0.05) is 12.1 Å². The third-order valence-corrected chi connectivity index (χ3v) is 2.57. The highest BCUT2D eigenvalue weighted by atomic mass is 16.6. The highest BCUT2D eigenvalue weighted by Gasteiger charge is 2.24. The predicted octanol–water partition coefficient (Wildman–Crippen LogP) is 1.56. The Kier molecular flexibility index (Phi) is 4.55. The minimum absolute atomic E-state index is 0.126. The van der Waals surface area contributed by atoms with Crippen molar-refractivity contribution in [2.45, 2.75) is 32.7 Å². The van der Waals surface area contributed by atoms with Gasteiger partial charge in [0.1, 0.15) is 12.4 Å². The summed E-state index contributed by atoms with van der Waals surface area (Å²) in [6.07, 6.45) is 3.23. The molecule has 0 aliphatic carbocycles. The van der Waals surface area contributed by atoms with Crippen LogP contribution in [-0.2, 0) is 0 Å². The molecule has 18 heavy (non-hydrogen) atoms. The van der Waals surface area contributed by atoms with Crippen molar-refractivity contribution in [3.8, 4) is 0 Å². The van der Waals surface area contributed by atoms with Crippen LogP contribution in [0.15, 0.2) is 12.4 Å². The zero-order chi connectivity index (χ0) is 13.8. The van der Waals surface area contributed by atoms with Gasteiger partial charge in [-0.2, -0.15) is 0 Å². The summed E-state index contributed by atoms with van der Waals surface area (Å²) in [5.74, 6) is 0.832. The molecule has 0 saturated carbocycles. The fourth-order valence-electron chi connectivity index (χ4n) is 1.84. The molecule has 7 nitrogen and oxygen atoms in total. The van der Waals surface area contributed by atoms with Crippen molar-refractivity contribution in [3.05, 3.63) is 22.5 Å². The van der Waals surface area contributed by atoms with Crippen molar-refractivity contribution in [2.75, 3.05) is 11.9 Å². The molecule has 1 aromatic heterocycles. The van der Waals surface area contributed by atoms with E-state index in [0.717, 1.165) is 6.42 Å². The standard InChI is InChI=1S/C11H19N5O2/c1-8(2)4-11(3,7-12)15-10-13-5-9(6-14-10)16(17)18/h5-6,8H,4,7,12H2,1-3H3,(H,13,14,15). The van der Waals surface area contributed by atoms with Gasteiger partial charge < -0.3 is 11.1 Å². The lowest BCUT2D eigenvalue weighted by atomic mass is 9.91. The maximum Gasteiger partial charge on any atom is 0.305 e. The molecule has 1 atom stereocenters. The van der Waals surface area contributed by atoms with E-state index in [1.165, 1.54) is 12.4 Å². The summed E-state index contributed by atoms with van der Waals surface area (Å²) < 4.78 is 0. The maximum atomic E-state index is 10.5. The van der Waals surface area contributed by atoms with Crippen LogP contribution in [0.25, 0.3) is 0 Å². The minimum Gasteiger partial charge on any atom is -0.348 e. The summed E-state index contributed by atoms with van der Waals surface area (Å²) in [6, 6.07) is 0. The molecule has 7 heteroatoms. The SMILES string of the molecule is CC(C)CC(C)(CN)Nc1ncc([N+](=O)[O-])cn1. The molecule has 100 valence electrons. The van der Waals surface area contributed by atoms with E-state index in [2.05, 4.69) is 29.1 Å². The van der Waals surface area contributed by atoms with Gasteiger partial charge in [0.25, 0.3) is 0 Å². The lowest BCUT2D eigenvalue weighted by Crippen LogP contribution is -2.44. The van der Waals surface area contributed by atoms with Crippen molar-refractivity contribution in [1.82, 2.24) is 9.97 Å². The summed E-state index contributed by atoms with van der Waals surface area (Å²) in [4.78, 5) is 17.8. The fraction of sp³-hybridized carbons (Fsp3) is 0.636. The number of hydrogen-bond donors (Lipinski definition) is 2. The molecular formula is C11H19N5O2. The topological polar surface area (TPSA) is 107 Å². The summed E-state index contributed by atoms with van der Waals surface area (Å²) in [5, 5.41) is 13.6. The molecule has 0 saturated heterocycles. The third-order valence-electron chi connectivity index (χ3n) is 2.57. The van der Waals surface area contributed by atoms with E-state index in [1.54, 1.807) is 0 Å². The first-order chi connectivity index (χ1) is 8.36. The van der Waals surface area contributed by atoms with Gasteiger partial charge in [0.2, 0.25) is 5.95 Å². The number of nitrogens with one attached hydrogen (secondary N) is 1. The molecule has 0 aliphatic rings. The Morgan fingerprint density at radius 2 is 2.06 bits per heavy atom. The van der Waals surface area contributed by atoms with Crippen LogP contribution in [0.5, 0.6) is 0 Å². The second kappa shape index (κ2) is 5.72. The number of nitrogens with zero attached hydrogens (tertiary/aromatic N) is 3. The maximum absolute atomic E-state index is 10.5. The van der Waals surface area contributed by atoms with Gasteiger partial charge >= 0.3 is 5.69 Å². The molecule has 0 spiro atoms. The number of nitro groups is 1. The molecule has 0 aliphatic heterocycles. The second-order valence-electron chi connectivity index (χ2n) is 5.01. The van der Waals surface area contributed by atoms with Crippen LogP contribution in [0.3, 0.4) is 0 Å². The smallest absolute Gasteiger partial charge is 0.305 e. The number of anilines is 1. The number of aromatic nitrogens is 2. The highest BCUT2D eigenvalue weighted by Crippen LogP contribution is 2.20. The van der Waals surface area contributed by atoms with Gasteiger partial charge in [-0.15, -0.1) is 0 Å². The minimum atomic E-state index is -0.528. The number of rotatable bonds is 6. The molecule has 1 aromatic rings. The predicted molar refractivity (Wildman–Crippen MR) is 69.2 cm³/mol. The van der Waals surface area contributed by atoms with Crippen LogP contribution in [-0.4, -0.2) is 27.0 Å². The number of nitrogens with two attached hydrogens (primary N) is 1. The first kappa shape index (κ1) is 14.3. The average molecular weight is 253 g/mol. The van der Waals surface area contributed by atoms with E-state index >= 15 is 0 Å². The van der Waals surface area contributed by atoms with Gasteiger partial charge in [0.15, 0.2) is 0 Å². The van der Waals surface area contributed by atoms with E-state index in [9.17, 15) is 10.1 Å². The fourth-order valence-corrected chi connectivity index (χ4v) is 1.84. The second-order valence-corrected chi connectivity index (χ2v) is 5.01. The number of hydrogen-bond acceptors (Lipinski definition) is 6. The molecular weight excluding hydrogens is 234 g/mol. The zero-order valence-electron chi connectivity index (χ0n) is 10.9. The van der Waals surface area contributed by atoms with Crippen molar-refractivity contribution >= 4 is 11.6 Å². The van der Waals surface area contributed by atoms with Crippen molar-refractivity contribution < 1.29 is 4.92 Å². The summed E-state index contributed by atoms with van der Waals surface area (Å²) in [5.41, 5.74) is 5.31. The van der Waals surface area contributed by atoms with Gasteiger partial charge in [-0.1, -0.05) is 13.8 Å². The van der Waals surface area contributed by atoms with E-state index in [1.807, 2.05) is 6.92 Å². The molecule has 0 fully saturated rings. The molecule has 0 radical (unpaired) electrons. The van der Waals surface area contributed by atoms with Crippen LogP contribution in [0.1, 0.15) is 27.2 Å². The summed E-state index contributed by atoms with van der Waals surface area (Å²) >= 11 is 0. The Morgan fingerprint density at radius 1 is 1.50 bits per heavy atom. The largest absolute Gasteiger partial charge is 0.348 e. The van der Waals surface area contributed by atoms with Crippen molar-refractivity contribution in [1.29, 1.82) is 0 Å². The lowest BCUT2D eigenvalue weighted by molar-refractivity contribution is -0.385. The average Bonchev–Trinajstić information content (AvgIpc) is 2.28.